The van der Waals surface area contributed by atoms with Gasteiger partial charge < -0.3 is 19.9 Å². The van der Waals surface area contributed by atoms with Gasteiger partial charge in [-0.2, -0.15) is 0 Å². The van der Waals surface area contributed by atoms with Crippen LogP contribution in [0.4, 0.5) is 5.69 Å². The zero-order chi connectivity index (χ0) is 19.3. The first-order valence-electron chi connectivity index (χ1n) is 7.72. The number of anilines is 1. The van der Waals surface area contributed by atoms with Crippen molar-refractivity contribution < 1.29 is 19.4 Å². The molecular weight excluding hydrogens is 393 g/mol. The van der Waals surface area contributed by atoms with Crippen molar-refractivity contribution in [3.8, 4) is 22.6 Å². The number of amides is 1. The Morgan fingerprint density at radius 2 is 1.89 bits per heavy atom. The van der Waals surface area contributed by atoms with Crippen LogP contribution >= 0.6 is 23.2 Å². The van der Waals surface area contributed by atoms with E-state index in [0.29, 0.717) is 16.8 Å². The minimum atomic E-state index is -0.566. The van der Waals surface area contributed by atoms with E-state index in [1.165, 1.54) is 12.3 Å². The van der Waals surface area contributed by atoms with E-state index >= 15 is 0 Å². The maximum Gasteiger partial charge on any atom is 0.260 e. The summed E-state index contributed by atoms with van der Waals surface area (Å²) in [6, 6.07) is 4.87. The van der Waals surface area contributed by atoms with Crippen LogP contribution in [0.25, 0.3) is 22.3 Å². The summed E-state index contributed by atoms with van der Waals surface area (Å²) in [6.07, 6.45) is 2.93. The average Bonchev–Trinajstić information content (AvgIpc) is 3.15. The highest BCUT2D eigenvalue weighted by Crippen LogP contribution is 2.50. The van der Waals surface area contributed by atoms with Gasteiger partial charge in [0.25, 0.3) is 5.91 Å². The quantitative estimate of drug-likeness (QED) is 0.340. The van der Waals surface area contributed by atoms with Crippen LogP contribution in [0.3, 0.4) is 0 Å². The molecule has 0 saturated carbocycles. The van der Waals surface area contributed by atoms with Gasteiger partial charge >= 0.3 is 0 Å². The van der Waals surface area contributed by atoms with Crippen LogP contribution in [0.5, 0.6) is 11.5 Å². The Hall–Kier alpha value is -3.03. The lowest BCUT2D eigenvalue weighted by atomic mass is 9.98. The summed E-state index contributed by atoms with van der Waals surface area (Å²) in [7, 11) is 0. The number of aryl methyl sites for hydroxylation is 1. The topological polar surface area (TPSA) is 108 Å². The lowest BCUT2D eigenvalue weighted by Crippen LogP contribution is -2.13. The first-order chi connectivity index (χ1) is 12.9. The number of rotatable bonds is 3. The zero-order valence-corrected chi connectivity index (χ0v) is 15.3. The fraction of sp³-hybridized carbons (Fsp3) is 0.0556. The Balaban J connectivity index is 1.83. The number of furan rings is 2. The zero-order valence-electron chi connectivity index (χ0n) is 13.7. The largest absolute Gasteiger partial charge is 0.502 e. The molecule has 136 valence electrons. The number of nitrogens with zero attached hydrogens (tertiary/aromatic N) is 2. The number of nitrogens with one attached hydrogen (secondary N) is 1. The number of carbonyl (C=O) groups is 1. The molecule has 7 nitrogen and oxygen atoms in total. The Morgan fingerprint density at radius 1 is 1.15 bits per heavy atom. The van der Waals surface area contributed by atoms with Gasteiger partial charge in [0.05, 0.1) is 22.5 Å². The number of fused-ring (bicyclic) bond motifs is 2. The summed E-state index contributed by atoms with van der Waals surface area (Å²) in [5.41, 5.74) is 1.99. The normalized spacial score (nSPS) is 11.2. The van der Waals surface area contributed by atoms with E-state index in [9.17, 15) is 15.0 Å². The number of phenols is 2. The molecule has 0 aliphatic carbocycles. The number of hydrogen-bond donors (Lipinski definition) is 3. The molecule has 3 N–H and O–H groups in total. The molecule has 1 amide bonds. The molecule has 0 unspecified atom stereocenters. The monoisotopic (exact) mass is 403 g/mol. The van der Waals surface area contributed by atoms with Gasteiger partial charge in [-0.05, 0) is 30.7 Å². The van der Waals surface area contributed by atoms with Crippen molar-refractivity contribution in [2.75, 3.05) is 5.32 Å². The molecule has 0 saturated heterocycles. The summed E-state index contributed by atoms with van der Waals surface area (Å²) >= 11 is 11.7. The molecule has 0 aromatic carbocycles. The molecule has 0 spiro atoms. The number of carbonyl (C=O) groups excluding carboxylic acids is 1. The second-order valence-corrected chi connectivity index (χ2v) is 6.61. The van der Waals surface area contributed by atoms with Crippen LogP contribution in [-0.2, 0) is 0 Å². The maximum absolute atomic E-state index is 12.9. The Labute approximate surface area is 162 Å². The number of halogens is 2. The SMILES string of the molecule is Cc1cc(-c2c(C(=O)Nc3cnc(Cl)c(Cl)c3)c3oc2c(O)c3O)ccn1. The number of aromatic hydroxyl groups is 2. The highest BCUT2D eigenvalue weighted by atomic mass is 35.5. The van der Waals surface area contributed by atoms with Crippen molar-refractivity contribution in [2.24, 2.45) is 0 Å². The van der Waals surface area contributed by atoms with Gasteiger partial charge in [0.1, 0.15) is 5.15 Å². The number of benzene rings is 1. The van der Waals surface area contributed by atoms with Gasteiger partial charge in [-0.15, -0.1) is 0 Å². The molecule has 2 bridgehead atoms. The molecule has 27 heavy (non-hydrogen) atoms. The molecular formula is C18H11Cl2N3O4. The second kappa shape index (κ2) is 6.29. The maximum atomic E-state index is 12.9. The van der Waals surface area contributed by atoms with Gasteiger partial charge in [0, 0.05) is 17.5 Å². The second-order valence-electron chi connectivity index (χ2n) is 5.84. The van der Waals surface area contributed by atoms with Crippen molar-refractivity contribution in [3.63, 3.8) is 0 Å². The van der Waals surface area contributed by atoms with Crippen LogP contribution in [0.2, 0.25) is 10.2 Å². The minimum Gasteiger partial charge on any atom is -0.502 e. The standard InChI is InChI=1S/C18H11Cl2N3O4/c1-7-4-8(2-3-21-7)11-12(16-14(25)13(24)15(11)27-16)18(26)23-9-5-10(19)17(20)22-6-9/h2-6,24-25H,1H3,(H,23,26). The fourth-order valence-electron chi connectivity index (χ4n) is 2.86. The molecule has 4 aromatic rings. The lowest BCUT2D eigenvalue weighted by Gasteiger charge is -2.09. The number of aromatic nitrogens is 2. The van der Waals surface area contributed by atoms with Crippen LogP contribution in [-0.4, -0.2) is 26.1 Å². The van der Waals surface area contributed by atoms with E-state index < -0.39 is 17.4 Å². The summed E-state index contributed by atoms with van der Waals surface area (Å²) in [5.74, 6) is -1.47. The van der Waals surface area contributed by atoms with E-state index in [4.69, 9.17) is 27.6 Å². The smallest absolute Gasteiger partial charge is 0.260 e. The summed E-state index contributed by atoms with van der Waals surface area (Å²) in [4.78, 5) is 20.9. The summed E-state index contributed by atoms with van der Waals surface area (Å²) < 4.78 is 5.46. The van der Waals surface area contributed by atoms with Crippen LogP contribution in [0.1, 0.15) is 16.1 Å². The molecule has 0 aliphatic heterocycles. The number of phenolic OH excluding ortho intramolecular Hbond substituents is 2. The van der Waals surface area contributed by atoms with E-state index in [1.807, 2.05) is 0 Å². The Bertz CT molecular complexity index is 1190. The molecule has 9 heteroatoms. The molecule has 4 aromatic heterocycles. The third-order valence-electron chi connectivity index (χ3n) is 4.03. The minimum absolute atomic E-state index is 0.0190. The molecule has 4 heterocycles. The van der Waals surface area contributed by atoms with Gasteiger partial charge in [-0.25, -0.2) is 4.98 Å². The number of pyridine rings is 2. The predicted molar refractivity (Wildman–Crippen MR) is 101 cm³/mol. The van der Waals surface area contributed by atoms with Crippen molar-refractivity contribution in [1.82, 2.24) is 9.97 Å². The van der Waals surface area contributed by atoms with Crippen LogP contribution in [0, 0.1) is 6.92 Å². The van der Waals surface area contributed by atoms with E-state index in [0.717, 1.165) is 5.69 Å². The lowest BCUT2D eigenvalue weighted by molar-refractivity contribution is 0.102. The van der Waals surface area contributed by atoms with Crippen LogP contribution < -0.4 is 5.32 Å². The Morgan fingerprint density at radius 3 is 2.59 bits per heavy atom. The van der Waals surface area contributed by atoms with Gasteiger partial charge in [0.15, 0.2) is 11.2 Å². The van der Waals surface area contributed by atoms with Crippen molar-refractivity contribution in [3.05, 3.63) is 52.0 Å². The first kappa shape index (κ1) is 17.4. The van der Waals surface area contributed by atoms with Crippen molar-refractivity contribution in [2.45, 2.75) is 6.92 Å². The highest BCUT2D eigenvalue weighted by molar-refractivity contribution is 6.41. The van der Waals surface area contributed by atoms with Gasteiger partial charge in [-0.3, -0.25) is 9.78 Å². The molecule has 0 radical (unpaired) electrons. The first-order valence-corrected chi connectivity index (χ1v) is 8.47. The van der Waals surface area contributed by atoms with Crippen molar-refractivity contribution in [1.29, 1.82) is 0 Å². The summed E-state index contributed by atoms with van der Waals surface area (Å²) in [6.45, 7) is 1.80. The predicted octanol–water partition coefficient (Wildman–Crippen LogP) is 4.61. The molecule has 4 rings (SSSR count). The third kappa shape index (κ3) is 2.81. The fourth-order valence-corrected chi connectivity index (χ4v) is 3.13. The van der Waals surface area contributed by atoms with Gasteiger partial charge in [0.2, 0.25) is 11.5 Å². The van der Waals surface area contributed by atoms with E-state index in [1.54, 1.807) is 25.3 Å². The third-order valence-corrected chi connectivity index (χ3v) is 4.72. The van der Waals surface area contributed by atoms with Crippen LogP contribution in [0.15, 0.2) is 35.0 Å². The molecule has 0 atom stereocenters. The summed E-state index contributed by atoms with van der Waals surface area (Å²) in [5, 5.41) is 23.0. The van der Waals surface area contributed by atoms with E-state index in [2.05, 4.69) is 15.3 Å². The molecule has 0 fully saturated rings. The van der Waals surface area contributed by atoms with Gasteiger partial charge in [-0.1, -0.05) is 23.2 Å². The number of hydrogen-bond acceptors (Lipinski definition) is 6. The van der Waals surface area contributed by atoms with Crippen molar-refractivity contribution >= 4 is 46.0 Å². The highest BCUT2D eigenvalue weighted by Gasteiger charge is 2.32. The molecule has 0 aliphatic rings. The van der Waals surface area contributed by atoms with E-state index in [-0.39, 0.29) is 26.9 Å². The Kier molecular flexibility index (Phi) is 4.05. The average molecular weight is 404 g/mol.